The average Bonchev–Trinajstić information content (AvgIpc) is 3.37. The van der Waals surface area contributed by atoms with Crippen LogP contribution in [0.5, 0.6) is 0 Å². The highest BCUT2D eigenvalue weighted by atomic mass is 14.8. The summed E-state index contributed by atoms with van der Waals surface area (Å²) in [6.45, 7) is 0. The Bertz CT molecular complexity index is 4020. The van der Waals surface area contributed by atoms with E-state index in [2.05, 4.69) is 218 Å². The SMILES string of the molecule is c1cc(-c2ccc3ccc4ccc(-c5cccc6ccccc56)nc4c3n2)cc(-c2ccc3ccc4c(-c5cccc6ccccc56)cc(-c5cccc6ccccc56)nc4c3n2)c1. The first-order chi connectivity index (χ1) is 31.7. The molecule has 4 aromatic heterocycles. The van der Waals surface area contributed by atoms with Gasteiger partial charge in [-0.3, -0.25) is 0 Å². The van der Waals surface area contributed by atoms with E-state index in [-0.39, 0.29) is 0 Å². The molecule has 0 saturated carbocycles. The number of aromatic nitrogens is 4. The van der Waals surface area contributed by atoms with E-state index in [0.29, 0.717) is 0 Å². The smallest absolute Gasteiger partial charge is 0.0978 e. The molecular weight excluding hydrogens is 777 g/mol. The Morgan fingerprint density at radius 1 is 0.203 bits per heavy atom. The van der Waals surface area contributed by atoms with Crippen LogP contribution in [0, 0.1) is 0 Å². The normalized spacial score (nSPS) is 11.8. The number of hydrogen-bond donors (Lipinski definition) is 0. The molecule has 64 heavy (non-hydrogen) atoms. The van der Waals surface area contributed by atoms with Crippen molar-refractivity contribution in [3.05, 3.63) is 218 Å². The van der Waals surface area contributed by atoms with Gasteiger partial charge in [-0.15, -0.1) is 0 Å². The van der Waals surface area contributed by atoms with Crippen molar-refractivity contribution in [3.63, 3.8) is 0 Å². The zero-order valence-electron chi connectivity index (χ0n) is 34.6. The van der Waals surface area contributed by atoms with Crippen LogP contribution in [0.2, 0.25) is 0 Å². The summed E-state index contributed by atoms with van der Waals surface area (Å²) >= 11 is 0. The number of nitrogens with zero attached hydrogens (tertiary/aromatic N) is 4. The van der Waals surface area contributed by atoms with Gasteiger partial charge in [0.25, 0.3) is 0 Å². The van der Waals surface area contributed by atoms with E-state index in [0.717, 1.165) is 94.2 Å². The molecule has 4 heteroatoms. The Labute approximate surface area is 368 Å². The highest BCUT2D eigenvalue weighted by molar-refractivity contribution is 6.13. The van der Waals surface area contributed by atoms with E-state index in [4.69, 9.17) is 19.9 Å². The maximum absolute atomic E-state index is 5.51. The minimum absolute atomic E-state index is 0.868. The Hall–Kier alpha value is -8.60. The van der Waals surface area contributed by atoms with Gasteiger partial charge >= 0.3 is 0 Å². The van der Waals surface area contributed by atoms with Crippen molar-refractivity contribution in [3.8, 4) is 56.2 Å². The van der Waals surface area contributed by atoms with Crippen molar-refractivity contribution in [2.24, 2.45) is 0 Å². The van der Waals surface area contributed by atoms with Gasteiger partial charge in [-0.1, -0.05) is 188 Å². The molecule has 296 valence electrons. The topological polar surface area (TPSA) is 51.6 Å². The van der Waals surface area contributed by atoms with Gasteiger partial charge in [-0.05, 0) is 73.8 Å². The van der Waals surface area contributed by atoms with Gasteiger partial charge in [0.15, 0.2) is 0 Å². The molecule has 0 aliphatic carbocycles. The summed E-state index contributed by atoms with van der Waals surface area (Å²) in [7, 11) is 0. The van der Waals surface area contributed by atoms with E-state index in [1.807, 2.05) is 0 Å². The molecule has 0 N–H and O–H groups in total. The second-order valence-corrected chi connectivity index (χ2v) is 16.5. The zero-order chi connectivity index (χ0) is 42.1. The molecule has 9 aromatic carbocycles. The monoisotopic (exact) mass is 812 g/mol. The highest BCUT2D eigenvalue weighted by Gasteiger charge is 2.18. The molecule has 0 unspecified atom stereocenters. The maximum atomic E-state index is 5.51. The van der Waals surface area contributed by atoms with Crippen molar-refractivity contribution < 1.29 is 0 Å². The van der Waals surface area contributed by atoms with E-state index >= 15 is 0 Å². The van der Waals surface area contributed by atoms with Crippen LogP contribution >= 0.6 is 0 Å². The molecule has 0 aliphatic heterocycles. The lowest BCUT2D eigenvalue weighted by Crippen LogP contribution is -1.95. The third-order valence-electron chi connectivity index (χ3n) is 12.8. The van der Waals surface area contributed by atoms with E-state index < -0.39 is 0 Å². The van der Waals surface area contributed by atoms with Gasteiger partial charge in [0, 0.05) is 43.8 Å². The minimum Gasteiger partial charge on any atom is -0.245 e. The Balaban J connectivity index is 0.965. The van der Waals surface area contributed by atoms with Crippen LogP contribution in [0.3, 0.4) is 0 Å². The van der Waals surface area contributed by atoms with Gasteiger partial charge in [-0.2, -0.15) is 0 Å². The number of benzene rings is 9. The first-order valence-electron chi connectivity index (χ1n) is 21.7. The minimum atomic E-state index is 0.868. The summed E-state index contributed by atoms with van der Waals surface area (Å²) in [6.07, 6.45) is 0. The van der Waals surface area contributed by atoms with E-state index in [1.165, 1.54) is 37.9 Å². The van der Waals surface area contributed by atoms with Crippen LogP contribution in [0.1, 0.15) is 0 Å². The molecule has 0 aliphatic rings. The summed E-state index contributed by atoms with van der Waals surface area (Å²) in [5.74, 6) is 0. The molecule has 0 saturated heterocycles. The second-order valence-electron chi connectivity index (χ2n) is 16.5. The predicted molar refractivity (Wildman–Crippen MR) is 267 cm³/mol. The van der Waals surface area contributed by atoms with Crippen LogP contribution in [0.25, 0.3) is 132 Å². The van der Waals surface area contributed by atoms with Crippen LogP contribution < -0.4 is 0 Å². The summed E-state index contributed by atoms with van der Waals surface area (Å²) < 4.78 is 0. The molecule has 0 spiro atoms. The maximum Gasteiger partial charge on any atom is 0.0978 e. The van der Waals surface area contributed by atoms with Gasteiger partial charge in [-0.25, -0.2) is 19.9 Å². The van der Waals surface area contributed by atoms with Gasteiger partial charge in [0.2, 0.25) is 0 Å². The van der Waals surface area contributed by atoms with Crippen LogP contribution in [-0.4, -0.2) is 19.9 Å². The molecule has 4 nitrogen and oxygen atoms in total. The molecule has 13 rings (SSSR count). The Kier molecular flexibility index (Phi) is 8.18. The van der Waals surface area contributed by atoms with Gasteiger partial charge < -0.3 is 0 Å². The summed E-state index contributed by atoms with van der Waals surface area (Å²) in [6, 6.07) is 77.4. The largest absolute Gasteiger partial charge is 0.245 e. The fourth-order valence-electron chi connectivity index (χ4n) is 9.67. The molecule has 0 amide bonds. The Morgan fingerprint density at radius 2 is 0.594 bits per heavy atom. The summed E-state index contributed by atoms with van der Waals surface area (Å²) in [4.78, 5) is 21.6. The van der Waals surface area contributed by atoms with Crippen LogP contribution in [-0.2, 0) is 0 Å². The number of fused-ring (bicyclic) bond motifs is 9. The standard InChI is InChI=1S/C60H36N4/c1-4-19-45-37(11-1)14-8-22-48(45)52-36-56(50-24-10-16-39-13-3-6-21-47(39)50)64-60-51(52)31-27-42-29-33-54(62-59(42)60)44-18-7-17-43(35-44)53-32-28-40-25-26-41-30-34-55(63-58(41)57(40)61-53)49-23-9-15-38-12-2-5-20-46(38)49/h1-36H. The van der Waals surface area contributed by atoms with Crippen molar-refractivity contribution in [2.45, 2.75) is 0 Å². The van der Waals surface area contributed by atoms with E-state index in [1.54, 1.807) is 0 Å². The van der Waals surface area contributed by atoms with E-state index in [9.17, 15) is 0 Å². The lowest BCUT2D eigenvalue weighted by molar-refractivity contribution is 1.36. The lowest BCUT2D eigenvalue weighted by Gasteiger charge is -2.15. The lowest BCUT2D eigenvalue weighted by atomic mass is 9.92. The van der Waals surface area contributed by atoms with Crippen molar-refractivity contribution in [2.75, 3.05) is 0 Å². The quantitative estimate of drug-likeness (QED) is 0.162. The number of hydrogen-bond acceptors (Lipinski definition) is 4. The molecule has 4 heterocycles. The number of pyridine rings is 4. The molecular formula is C60H36N4. The molecule has 0 atom stereocenters. The molecule has 0 radical (unpaired) electrons. The highest BCUT2D eigenvalue weighted by Crippen LogP contribution is 2.40. The first kappa shape index (κ1) is 36.1. The summed E-state index contributed by atoms with van der Waals surface area (Å²) in [5.41, 5.74) is 13.7. The third kappa shape index (κ3) is 5.92. The number of rotatable bonds is 5. The first-order valence-corrected chi connectivity index (χ1v) is 21.7. The molecule has 13 aromatic rings. The molecule has 0 bridgehead atoms. The van der Waals surface area contributed by atoms with Crippen LogP contribution in [0.4, 0.5) is 0 Å². The third-order valence-corrected chi connectivity index (χ3v) is 12.8. The Morgan fingerprint density at radius 3 is 1.17 bits per heavy atom. The zero-order valence-corrected chi connectivity index (χ0v) is 34.6. The van der Waals surface area contributed by atoms with Gasteiger partial charge in [0.1, 0.15) is 0 Å². The van der Waals surface area contributed by atoms with Gasteiger partial charge in [0.05, 0.1) is 44.8 Å². The second kappa shape index (κ2) is 14.5. The van der Waals surface area contributed by atoms with Crippen molar-refractivity contribution >= 4 is 75.9 Å². The molecule has 0 fully saturated rings. The average molecular weight is 813 g/mol. The predicted octanol–water partition coefficient (Wildman–Crippen LogP) is 15.7. The fourth-order valence-corrected chi connectivity index (χ4v) is 9.67. The fraction of sp³-hybridized carbons (Fsp3) is 0. The van der Waals surface area contributed by atoms with Crippen molar-refractivity contribution in [1.82, 2.24) is 19.9 Å². The summed E-state index contributed by atoms with van der Waals surface area (Å²) in [5, 5.41) is 11.4. The van der Waals surface area contributed by atoms with Crippen LogP contribution in [0.15, 0.2) is 218 Å². The van der Waals surface area contributed by atoms with Crippen molar-refractivity contribution in [1.29, 1.82) is 0 Å².